The summed E-state index contributed by atoms with van der Waals surface area (Å²) in [4.78, 5) is 38.3. The highest BCUT2D eigenvalue weighted by Gasteiger charge is 2.36. The number of anilines is 3. The molecule has 0 spiro atoms. The second-order valence-electron chi connectivity index (χ2n) is 8.97. The van der Waals surface area contributed by atoms with Crippen molar-refractivity contribution in [1.82, 2.24) is 0 Å². The van der Waals surface area contributed by atoms with Crippen molar-refractivity contribution in [3.8, 4) is 5.75 Å². The maximum atomic E-state index is 14.3. The van der Waals surface area contributed by atoms with Crippen molar-refractivity contribution >= 4 is 56.4 Å². The number of fused-ring (bicyclic) bond motifs is 1. The zero-order chi connectivity index (χ0) is 28.8. The number of nitro benzene ring substituents is 1. The summed E-state index contributed by atoms with van der Waals surface area (Å²) in [6.45, 7) is 0.335. The highest BCUT2D eigenvalue weighted by atomic mass is 35.5. The van der Waals surface area contributed by atoms with Crippen LogP contribution in [0.4, 0.5) is 36.3 Å². The van der Waals surface area contributed by atoms with E-state index in [9.17, 15) is 36.9 Å². The summed E-state index contributed by atoms with van der Waals surface area (Å²) in [5.74, 6) is -2.69. The fraction of sp³-hybridized carbons (Fsp3) is 0.200. The van der Waals surface area contributed by atoms with Gasteiger partial charge in [0.1, 0.15) is 11.4 Å². The normalized spacial score (nSPS) is 14.8. The third-order valence-corrected chi connectivity index (χ3v) is 7.96. The summed E-state index contributed by atoms with van der Waals surface area (Å²) in [5.41, 5.74) is -0.352. The van der Waals surface area contributed by atoms with Gasteiger partial charge in [-0.15, -0.1) is 0 Å². The zero-order valence-corrected chi connectivity index (χ0v) is 22.0. The summed E-state index contributed by atoms with van der Waals surface area (Å²) in [5, 5.41) is 10.6. The number of benzene rings is 3. The summed E-state index contributed by atoms with van der Waals surface area (Å²) < 4.78 is 62.4. The Labute approximate surface area is 231 Å². The first kappa shape index (κ1) is 27.3. The Morgan fingerprint density at radius 2 is 1.73 bits per heavy atom. The van der Waals surface area contributed by atoms with Crippen LogP contribution in [0.1, 0.15) is 18.4 Å². The van der Waals surface area contributed by atoms with Crippen molar-refractivity contribution in [2.24, 2.45) is 0 Å². The molecule has 1 saturated heterocycles. The lowest BCUT2D eigenvalue weighted by atomic mass is 10.1. The molecule has 0 bridgehead atoms. The van der Waals surface area contributed by atoms with Crippen LogP contribution in [-0.4, -0.2) is 38.4 Å². The number of sulfonamides is 1. The topological polar surface area (TPSA) is 139 Å². The summed E-state index contributed by atoms with van der Waals surface area (Å²) in [6.07, 6.45) is 0.0437. The summed E-state index contributed by atoms with van der Waals surface area (Å²) in [7, 11) is -4.56. The molecule has 2 aliphatic heterocycles. The van der Waals surface area contributed by atoms with Gasteiger partial charge in [-0.3, -0.25) is 24.5 Å². The number of amides is 2. The summed E-state index contributed by atoms with van der Waals surface area (Å²) in [6, 6.07) is 8.79. The van der Waals surface area contributed by atoms with Gasteiger partial charge in [0.15, 0.2) is 11.6 Å². The molecule has 3 aromatic rings. The Bertz CT molecular complexity index is 1650. The molecule has 2 aliphatic rings. The fourth-order valence-corrected chi connectivity index (χ4v) is 5.90. The van der Waals surface area contributed by atoms with E-state index in [2.05, 4.69) is 0 Å². The number of halogens is 3. The maximum Gasteiger partial charge on any atom is 0.419 e. The Morgan fingerprint density at radius 1 is 1.05 bits per heavy atom. The van der Waals surface area contributed by atoms with E-state index in [0.29, 0.717) is 12.0 Å². The van der Waals surface area contributed by atoms with Crippen LogP contribution in [0.2, 0.25) is 5.02 Å². The third-order valence-electron chi connectivity index (χ3n) is 6.41. The van der Waals surface area contributed by atoms with Crippen LogP contribution >= 0.6 is 11.6 Å². The average molecular weight is 593 g/mol. The van der Waals surface area contributed by atoms with Gasteiger partial charge in [0, 0.05) is 36.7 Å². The smallest absolute Gasteiger partial charge is 0.410 e. The van der Waals surface area contributed by atoms with E-state index in [0.717, 1.165) is 18.2 Å². The molecule has 3 aromatic carbocycles. The molecule has 11 nitrogen and oxygen atoms in total. The molecule has 5 rings (SSSR count). The van der Waals surface area contributed by atoms with Crippen molar-refractivity contribution < 1.29 is 36.4 Å². The van der Waals surface area contributed by atoms with Crippen LogP contribution < -0.4 is 19.3 Å². The Kier molecular flexibility index (Phi) is 7.06. The number of ether oxygens (including phenoxy) is 1. The first-order valence-electron chi connectivity index (χ1n) is 11.8. The van der Waals surface area contributed by atoms with Crippen molar-refractivity contribution in [2.45, 2.75) is 24.2 Å². The lowest BCUT2D eigenvalue weighted by molar-refractivity contribution is -0.384. The highest BCUT2D eigenvalue weighted by molar-refractivity contribution is 7.92. The van der Waals surface area contributed by atoms with Crippen molar-refractivity contribution in [2.75, 3.05) is 27.6 Å². The van der Waals surface area contributed by atoms with Crippen LogP contribution in [0, 0.1) is 21.7 Å². The fourth-order valence-electron chi connectivity index (χ4n) is 4.57. The van der Waals surface area contributed by atoms with Gasteiger partial charge in [-0.1, -0.05) is 11.6 Å². The van der Waals surface area contributed by atoms with Crippen LogP contribution in [0.3, 0.4) is 0 Å². The Hall–Kier alpha value is -4.30. The minimum atomic E-state index is -4.56. The average Bonchev–Trinajstić information content (AvgIpc) is 3.52. The molecule has 0 unspecified atom stereocenters. The molecule has 0 aliphatic carbocycles. The number of non-ortho nitro benzene ring substituents is 1. The monoisotopic (exact) mass is 592 g/mol. The van der Waals surface area contributed by atoms with E-state index in [4.69, 9.17) is 16.3 Å². The minimum Gasteiger partial charge on any atom is -0.410 e. The highest BCUT2D eigenvalue weighted by Crippen LogP contribution is 2.42. The van der Waals surface area contributed by atoms with E-state index < -0.39 is 38.4 Å². The lowest BCUT2D eigenvalue weighted by Gasteiger charge is -2.25. The summed E-state index contributed by atoms with van der Waals surface area (Å²) >= 11 is 5.63. The molecule has 208 valence electrons. The van der Waals surface area contributed by atoms with E-state index in [1.165, 1.54) is 40.1 Å². The van der Waals surface area contributed by atoms with Gasteiger partial charge in [0.25, 0.3) is 15.7 Å². The predicted octanol–water partition coefficient (Wildman–Crippen LogP) is 5.02. The van der Waals surface area contributed by atoms with E-state index in [1.54, 1.807) is 0 Å². The second kappa shape index (κ2) is 10.4. The number of hydrogen-bond donors (Lipinski definition) is 1. The molecule has 1 N–H and O–H groups in total. The number of nitrogens with zero attached hydrogens (tertiary/aromatic N) is 3. The van der Waals surface area contributed by atoms with Crippen LogP contribution in [-0.2, 0) is 21.2 Å². The molecule has 2 heterocycles. The number of carbonyl (C=O) groups excluding carboxylic acids is 2. The van der Waals surface area contributed by atoms with Gasteiger partial charge < -0.3 is 9.64 Å². The molecule has 0 aromatic heterocycles. The minimum absolute atomic E-state index is 0.0401. The van der Waals surface area contributed by atoms with Gasteiger partial charge in [-0.05, 0) is 54.8 Å². The second-order valence-corrected chi connectivity index (χ2v) is 11.1. The SMILES string of the molecule is O=C1CCCN1c1cc(S(=O)(=O)Nc2c(F)cc(Cl)cc2F)cc2c1N(C(=O)Oc1ccc([N+](=O)[O-])cc1)CC2. The molecule has 15 heteroatoms. The molecular formula is C25H19ClF2N4O7S. The van der Waals surface area contributed by atoms with Gasteiger partial charge in [-0.25, -0.2) is 22.0 Å². The first-order chi connectivity index (χ1) is 18.9. The van der Waals surface area contributed by atoms with Crippen LogP contribution in [0.15, 0.2) is 53.4 Å². The zero-order valence-electron chi connectivity index (χ0n) is 20.4. The van der Waals surface area contributed by atoms with E-state index in [1.807, 2.05) is 4.72 Å². The van der Waals surface area contributed by atoms with Gasteiger partial charge in [0.05, 0.1) is 21.2 Å². The largest absolute Gasteiger partial charge is 0.419 e. The van der Waals surface area contributed by atoms with Crippen LogP contribution in [0.25, 0.3) is 0 Å². The molecule has 0 saturated carbocycles. The van der Waals surface area contributed by atoms with Crippen molar-refractivity contribution in [3.63, 3.8) is 0 Å². The Balaban J connectivity index is 1.51. The number of nitrogens with one attached hydrogen (secondary N) is 1. The van der Waals surface area contributed by atoms with Crippen molar-refractivity contribution in [3.05, 3.63) is 80.9 Å². The number of rotatable bonds is 6. The maximum absolute atomic E-state index is 14.3. The van der Waals surface area contributed by atoms with Gasteiger partial charge >= 0.3 is 6.09 Å². The van der Waals surface area contributed by atoms with E-state index >= 15 is 0 Å². The number of carbonyl (C=O) groups is 2. The molecule has 2 amide bonds. The van der Waals surface area contributed by atoms with Crippen LogP contribution in [0.5, 0.6) is 5.75 Å². The van der Waals surface area contributed by atoms with Crippen molar-refractivity contribution in [1.29, 1.82) is 0 Å². The number of hydrogen-bond acceptors (Lipinski definition) is 7. The van der Waals surface area contributed by atoms with Gasteiger partial charge in [0.2, 0.25) is 5.91 Å². The van der Waals surface area contributed by atoms with Gasteiger partial charge in [-0.2, -0.15) is 0 Å². The standard InChI is InChI=1S/C25H19ClF2N4O7S/c26-15-11-19(27)23(20(28)12-15)29-40(37,38)18-10-14-7-9-31(24(14)21(13-18)30-8-1-2-22(30)33)25(34)39-17-5-3-16(4-6-17)32(35)36/h3-6,10-13,29H,1-2,7-9H2. The first-order valence-corrected chi connectivity index (χ1v) is 13.7. The molecule has 0 radical (unpaired) electrons. The third kappa shape index (κ3) is 5.14. The molecule has 1 fully saturated rings. The Morgan fingerprint density at radius 3 is 2.33 bits per heavy atom. The lowest BCUT2D eigenvalue weighted by Crippen LogP contribution is -2.34. The number of nitro groups is 1. The predicted molar refractivity (Wildman–Crippen MR) is 140 cm³/mol. The molecular weight excluding hydrogens is 574 g/mol. The van der Waals surface area contributed by atoms with E-state index in [-0.39, 0.29) is 64.6 Å². The quantitative estimate of drug-likeness (QED) is 0.313. The molecule has 40 heavy (non-hydrogen) atoms. The molecule has 0 atom stereocenters.